The highest BCUT2D eigenvalue weighted by atomic mass is 16.6. The Hall–Kier alpha value is -1.12. The highest BCUT2D eigenvalue weighted by Gasteiger charge is 2.31. The molecule has 1 fully saturated rings. The van der Waals surface area contributed by atoms with Crippen molar-refractivity contribution in [3.8, 4) is 0 Å². The lowest BCUT2D eigenvalue weighted by atomic mass is 10.0. The van der Waals surface area contributed by atoms with Crippen LogP contribution in [0, 0.1) is 5.92 Å². The number of unbranched alkanes of at least 4 members (excludes halogenated alkanes) is 1. The molecule has 0 saturated carbocycles. The molecule has 0 unspecified atom stereocenters. The van der Waals surface area contributed by atoms with E-state index in [1.54, 1.807) is 0 Å². The Bertz CT molecular complexity index is 230. The number of allylic oxidation sites excluding steroid dienone is 2. The van der Waals surface area contributed by atoms with Crippen LogP contribution in [0.1, 0.15) is 32.6 Å². The van der Waals surface area contributed by atoms with Gasteiger partial charge < -0.3 is 4.74 Å². The van der Waals surface area contributed by atoms with Gasteiger partial charge in [0.2, 0.25) is 0 Å². The van der Waals surface area contributed by atoms with E-state index in [4.69, 9.17) is 0 Å². The number of rotatable bonds is 4. The summed E-state index contributed by atoms with van der Waals surface area (Å²) in [5.74, 6) is -0.995. The Morgan fingerprint density at radius 1 is 1.46 bits per heavy atom. The molecule has 3 heteroatoms. The van der Waals surface area contributed by atoms with Crippen molar-refractivity contribution in [1.29, 1.82) is 0 Å². The Labute approximate surface area is 77.8 Å². The van der Waals surface area contributed by atoms with Crippen LogP contribution in [0.4, 0.5) is 0 Å². The molecule has 0 aromatic heterocycles. The number of hydrogen-bond donors (Lipinski definition) is 0. The zero-order valence-corrected chi connectivity index (χ0v) is 7.79. The lowest BCUT2D eigenvalue weighted by molar-refractivity contribution is -0.153. The van der Waals surface area contributed by atoms with Crippen molar-refractivity contribution < 1.29 is 14.3 Å². The molecule has 0 aromatic carbocycles. The van der Waals surface area contributed by atoms with E-state index in [2.05, 4.69) is 11.7 Å². The van der Waals surface area contributed by atoms with E-state index >= 15 is 0 Å². The first-order chi connectivity index (χ1) is 6.24. The molecule has 0 amide bonds. The van der Waals surface area contributed by atoms with E-state index in [9.17, 15) is 9.59 Å². The highest BCUT2D eigenvalue weighted by molar-refractivity contribution is 5.94. The highest BCUT2D eigenvalue weighted by Crippen LogP contribution is 2.19. The zero-order valence-electron chi connectivity index (χ0n) is 7.79. The molecule has 0 bridgehead atoms. The maximum Gasteiger partial charge on any atom is 0.317 e. The first-order valence-electron chi connectivity index (χ1n) is 4.63. The molecule has 1 heterocycles. The van der Waals surface area contributed by atoms with Gasteiger partial charge in [-0.2, -0.15) is 0 Å². The van der Waals surface area contributed by atoms with Crippen molar-refractivity contribution in [2.24, 2.45) is 5.92 Å². The van der Waals surface area contributed by atoms with Gasteiger partial charge in [-0.05, 0) is 12.8 Å². The Morgan fingerprint density at radius 3 is 2.77 bits per heavy atom. The predicted molar refractivity (Wildman–Crippen MR) is 47.9 cm³/mol. The first kappa shape index (κ1) is 9.96. The second-order valence-corrected chi connectivity index (χ2v) is 3.19. The summed E-state index contributed by atoms with van der Waals surface area (Å²) in [6, 6.07) is 0. The van der Waals surface area contributed by atoms with Crippen LogP contribution in [0.5, 0.6) is 0 Å². The fourth-order valence-corrected chi connectivity index (χ4v) is 1.25. The quantitative estimate of drug-likeness (QED) is 0.378. The Morgan fingerprint density at radius 2 is 2.23 bits per heavy atom. The van der Waals surface area contributed by atoms with Crippen molar-refractivity contribution in [2.75, 3.05) is 0 Å². The summed E-state index contributed by atoms with van der Waals surface area (Å²) in [5, 5.41) is 0. The van der Waals surface area contributed by atoms with Crippen molar-refractivity contribution in [3.05, 3.63) is 12.2 Å². The van der Waals surface area contributed by atoms with E-state index in [1.165, 1.54) is 0 Å². The molecule has 1 aliphatic rings. The fourth-order valence-electron chi connectivity index (χ4n) is 1.25. The molecule has 72 valence electrons. The topological polar surface area (TPSA) is 43.4 Å². The lowest BCUT2D eigenvalue weighted by Crippen LogP contribution is -2.05. The third-order valence-corrected chi connectivity index (χ3v) is 2.00. The fraction of sp³-hybridized carbons (Fsp3) is 0.600. The molecular formula is C10H14O3. The van der Waals surface area contributed by atoms with Gasteiger partial charge in [-0.25, -0.2) is 0 Å². The van der Waals surface area contributed by atoms with Crippen molar-refractivity contribution in [1.82, 2.24) is 0 Å². The largest absolute Gasteiger partial charge is 0.393 e. The number of ether oxygens (including phenoxy) is 1. The van der Waals surface area contributed by atoms with Gasteiger partial charge >= 0.3 is 11.9 Å². The smallest absolute Gasteiger partial charge is 0.317 e. The summed E-state index contributed by atoms with van der Waals surface area (Å²) in [6.07, 6.45) is 6.99. The first-order valence-corrected chi connectivity index (χ1v) is 4.63. The average molecular weight is 182 g/mol. The minimum atomic E-state index is -0.390. The molecule has 1 saturated heterocycles. The van der Waals surface area contributed by atoms with Gasteiger partial charge in [0, 0.05) is 0 Å². The number of carbonyl (C=O) groups excluding carboxylic acids is 2. The van der Waals surface area contributed by atoms with Gasteiger partial charge in [-0.15, -0.1) is 0 Å². The van der Waals surface area contributed by atoms with Crippen LogP contribution in [-0.2, 0) is 14.3 Å². The summed E-state index contributed by atoms with van der Waals surface area (Å²) in [4.78, 5) is 21.7. The standard InChI is InChI=1S/C10H14O3/c1-2-3-4-5-6-8-7-9(11)13-10(8)12/h4-5,8H,2-3,6-7H2,1H3/b5-4-/t8-/m1/s1. The molecular weight excluding hydrogens is 168 g/mol. The third kappa shape index (κ3) is 3.01. The summed E-state index contributed by atoms with van der Waals surface area (Å²) in [6.45, 7) is 2.09. The minimum absolute atomic E-state index is 0.236. The molecule has 0 N–H and O–H groups in total. The Balaban J connectivity index is 2.29. The van der Waals surface area contributed by atoms with Crippen molar-refractivity contribution >= 4 is 11.9 Å². The summed E-state index contributed by atoms with van der Waals surface area (Å²) in [5.41, 5.74) is 0. The van der Waals surface area contributed by atoms with Crippen LogP contribution in [-0.4, -0.2) is 11.9 Å². The van der Waals surface area contributed by atoms with E-state index < -0.39 is 0 Å². The van der Waals surface area contributed by atoms with Crippen molar-refractivity contribution in [2.45, 2.75) is 32.6 Å². The van der Waals surface area contributed by atoms with E-state index in [-0.39, 0.29) is 24.3 Å². The molecule has 0 aromatic rings. The minimum Gasteiger partial charge on any atom is -0.393 e. The summed E-state index contributed by atoms with van der Waals surface area (Å²) in [7, 11) is 0. The molecule has 3 nitrogen and oxygen atoms in total. The van der Waals surface area contributed by atoms with Crippen LogP contribution in [0.2, 0.25) is 0 Å². The zero-order chi connectivity index (χ0) is 9.68. The summed E-state index contributed by atoms with van der Waals surface area (Å²) < 4.78 is 4.42. The lowest BCUT2D eigenvalue weighted by Gasteiger charge is -1.97. The molecule has 13 heavy (non-hydrogen) atoms. The molecule has 1 atom stereocenters. The average Bonchev–Trinajstić information content (AvgIpc) is 2.39. The van der Waals surface area contributed by atoms with Crippen LogP contribution < -0.4 is 0 Å². The van der Waals surface area contributed by atoms with Gasteiger partial charge in [0.05, 0.1) is 12.3 Å². The van der Waals surface area contributed by atoms with E-state index in [0.29, 0.717) is 6.42 Å². The van der Waals surface area contributed by atoms with Crippen LogP contribution in [0.25, 0.3) is 0 Å². The third-order valence-electron chi connectivity index (χ3n) is 2.00. The number of carbonyl (C=O) groups is 2. The maximum absolute atomic E-state index is 11.0. The van der Waals surface area contributed by atoms with E-state index in [0.717, 1.165) is 12.8 Å². The van der Waals surface area contributed by atoms with Crippen molar-refractivity contribution in [3.63, 3.8) is 0 Å². The van der Waals surface area contributed by atoms with Gasteiger partial charge in [0.1, 0.15) is 0 Å². The second kappa shape index (κ2) is 4.80. The number of cyclic esters (lactones) is 2. The van der Waals surface area contributed by atoms with Crippen LogP contribution in [0.3, 0.4) is 0 Å². The normalized spacial score (nSPS) is 22.7. The predicted octanol–water partition coefficient (Wildman–Crippen LogP) is 1.82. The second-order valence-electron chi connectivity index (χ2n) is 3.19. The molecule has 0 aliphatic carbocycles. The number of esters is 2. The summed E-state index contributed by atoms with van der Waals surface area (Å²) >= 11 is 0. The molecule has 0 spiro atoms. The molecule has 1 aliphatic heterocycles. The Kier molecular flexibility index (Phi) is 3.68. The van der Waals surface area contributed by atoms with Gasteiger partial charge in [0.15, 0.2) is 0 Å². The monoisotopic (exact) mass is 182 g/mol. The van der Waals surface area contributed by atoms with Gasteiger partial charge in [-0.1, -0.05) is 25.5 Å². The molecule has 1 rings (SSSR count). The number of hydrogen-bond acceptors (Lipinski definition) is 3. The van der Waals surface area contributed by atoms with E-state index in [1.807, 2.05) is 12.2 Å². The molecule has 0 radical (unpaired) electrons. The van der Waals surface area contributed by atoms with Gasteiger partial charge in [-0.3, -0.25) is 9.59 Å². The SMILES string of the molecule is CCC/C=C\C[C@@H]1CC(=O)OC1=O. The van der Waals surface area contributed by atoms with Gasteiger partial charge in [0.25, 0.3) is 0 Å². The van der Waals surface area contributed by atoms with Crippen LogP contribution >= 0.6 is 0 Å². The van der Waals surface area contributed by atoms with Crippen LogP contribution in [0.15, 0.2) is 12.2 Å². The maximum atomic E-state index is 11.0.